The smallest absolute Gasteiger partial charge is 0.349 e. The second kappa shape index (κ2) is 6.99. The van der Waals surface area contributed by atoms with E-state index in [0.29, 0.717) is 5.92 Å². The molecule has 1 aliphatic rings. The minimum absolute atomic E-state index is 0.0852. The van der Waals surface area contributed by atoms with Gasteiger partial charge in [-0.1, -0.05) is 69.6 Å². The molecule has 2 rings (SSSR count). The van der Waals surface area contributed by atoms with Crippen LogP contribution in [-0.4, -0.2) is 21.8 Å². The summed E-state index contributed by atoms with van der Waals surface area (Å²) in [5.41, 5.74) is 1.38. The van der Waals surface area contributed by atoms with Gasteiger partial charge in [0, 0.05) is 33.7 Å². The van der Waals surface area contributed by atoms with Gasteiger partial charge >= 0.3 is 8.56 Å². The zero-order chi connectivity index (χ0) is 17.3. The molecule has 2 nitrogen and oxygen atoms in total. The fourth-order valence-corrected chi connectivity index (χ4v) is 9.01. The molecular formula is C19H31BrO2Si. The third kappa shape index (κ3) is 4.27. The molecule has 0 saturated carbocycles. The minimum Gasteiger partial charge on any atom is -0.393 e. The lowest BCUT2D eigenvalue weighted by atomic mass is 10.0. The second-order valence-electron chi connectivity index (χ2n) is 8.77. The Bertz CT molecular complexity index is 490. The van der Waals surface area contributed by atoms with E-state index in [0.717, 1.165) is 30.5 Å². The Hall–Kier alpha value is -0.163. The van der Waals surface area contributed by atoms with Crippen molar-refractivity contribution in [3.05, 3.63) is 34.3 Å². The highest BCUT2D eigenvalue weighted by molar-refractivity contribution is 9.10. The molecule has 23 heavy (non-hydrogen) atoms. The number of halogens is 1. The quantitative estimate of drug-likeness (QED) is 0.573. The molecule has 1 aromatic rings. The van der Waals surface area contributed by atoms with Gasteiger partial charge in [0.05, 0.1) is 0 Å². The molecule has 0 aliphatic carbocycles. The van der Waals surface area contributed by atoms with Crippen LogP contribution in [0.3, 0.4) is 0 Å². The number of hydrogen-bond donors (Lipinski definition) is 0. The van der Waals surface area contributed by atoms with E-state index in [1.54, 1.807) is 0 Å². The van der Waals surface area contributed by atoms with E-state index in [1.807, 2.05) is 0 Å². The summed E-state index contributed by atoms with van der Waals surface area (Å²) in [6, 6.07) is 8.61. The van der Waals surface area contributed by atoms with Crippen molar-refractivity contribution in [1.82, 2.24) is 0 Å². The average Bonchev–Trinajstić information content (AvgIpc) is 2.45. The van der Waals surface area contributed by atoms with Gasteiger partial charge < -0.3 is 8.85 Å². The minimum atomic E-state index is -2.25. The highest BCUT2D eigenvalue weighted by Gasteiger charge is 2.59. The van der Waals surface area contributed by atoms with Crippen molar-refractivity contribution in [3.63, 3.8) is 0 Å². The fraction of sp³-hybridized carbons (Fsp3) is 0.684. The molecule has 0 spiro atoms. The average molecular weight is 399 g/mol. The zero-order valence-corrected chi connectivity index (χ0v) is 18.0. The lowest BCUT2D eigenvalue weighted by molar-refractivity contribution is 0.0293. The van der Waals surface area contributed by atoms with Gasteiger partial charge in [0.1, 0.15) is 0 Å². The standard InChI is InChI=1S/C19H31BrO2Si/c1-18(2,3)23(19(4,5)6)21-13-16(14-22-23)8-7-15-9-11-17(20)12-10-15/h9-12,16H,7-8,13-14H2,1-6H3. The van der Waals surface area contributed by atoms with E-state index in [1.165, 1.54) is 5.56 Å². The lowest BCUT2D eigenvalue weighted by Gasteiger charge is -2.52. The topological polar surface area (TPSA) is 18.5 Å². The summed E-state index contributed by atoms with van der Waals surface area (Å²) in [5.74, 6) is 0.504. The second-order valence-corrected chi connectivity index (χ2v) is 14.5. The largest absolute Gasteiger partial charge is 0.393 e. The van der Waals surface area contributed by atoms with Gasteiger partial charge in [-0.15, -0.1) is 0 Å². The number of benzene rings is 1. The van der Waals surface area contributed by atoms with Gasteiger partial charge in [-0.3, -0.25) is 0 Å². The van der Waals surface area contributed by atoms with Crippen LogP contribution in [-0.2, 0) is 15.3 Å². The molecule has 0 aromatic heterocycles. The van der Waals surface area contributed by atoms with Crippen LogP contribution in [0.25, 0.3) is 0 Å². The summed E-state index contributed by atoms with van der Waals surface area (Å²) in [5, 5.41) is 0.170. The highest BCUT2D eigenvalue weighted by atomic mass is 79.9. The Balaban J connectivity index is 1.95. The maximum Gasteiger partial charge on any atom is 0.349 e. The third-order valence-corrected chi connectivity index (χ3v) is 10.4. The summed E-state index contributed by atoms with van der Waals surface area (Å²) >= 11 is 3.49. The van der Waals surface area contributed by atoms with Gasteiger partial charge in [-0.25, -0.2) is 0 Å². The Morgan fingerprint density at radius 1 is 0.957 bits per heavy atom. The van der Waals surface area contributed by atoms with Crippen LogP contribution in [0.2, 0.25) is 10.1 Å². The summed E-state index contributed by atoms with van der Waals surface area (Å²) < 4.78 is 14.2. The van der Waals surface area contributed by atoms with Gasteiger partial charge in [0.2, 0.25) is 0 Å². The summed E-state index contributed by atoms with van der Waals surface area (Å²) in [6.07, 6.45) is 2.21. The van der Waals surface area contributed by atoms with Crippen molar-refractivity contribution >= 4 is 24.5 Å². The Morgan fingerprint density at radius 3 is 1.87 bits per heavy atom. The molecule has 0 bridgehead atoms. The number of hydrogen-bond acceptors (Lipinski definition) is 2. The van der Waals surface area contributed by atoms with Crippen molar-refractivity contribution in [1.29, 1.82) is 0 Å². The first-order chi connectivity index (χ1) is 10.6. The van der Waals surface area contributed by atoms with Crippen molar-refractivity contribution in [2.24, 2.45) is 5.92 Å². The highest BCUT2D eigenvalue weighted by Crippen LogP contribution is 2.53. The molecule has 0 radical (unpaired) electrons. The van der Waals surface area contributed by atoms with Crippen LogP contribution in [0.5, 0.6) is 0 Å². The molecule has 130 valence electrons. The van der Waals surface area contributed by atoms with E-state index < -0.39 is 8.56 Å². The fourth-order valence-electron chi connectivity index (χ4n) is 3.74. The van der Waals surface area contributed by atoms with Gasteiger partial charge in [0.15, 0.2) is 0 Å². The molecule has 1 saturated heterocycles. The normalized spacial score (nSPS) is 19.8. The van der Waals surface area contributed by atoms with Gasteiger partial charge in [0.25, 0.3) is 0 Å². The van der Waals surface area contributed by atoms with Crippen LogP contribution in [0.1, 0.15) is 53.5 Å². The van der Waals surface area contributed by atoms with Crippen molar-refractivity contribution in [2.45, 2.75) is 64.5 Å². The number of rotatable bonds is 3. The molecular weight excluding hydrogens is 368 g/mol. The molecule has 1 aliphatic heterocycles. The molecule has 1 fully saturated rings. The maximum absolute atomic E-state index is 6.52. The zero-order valence-electron chi connectivity index (χ0n) is 15.4. The van der Waals surface area contributed by atoms with Crippen molar-refractivity contribution in [2.75, 3.05) is 13.2 Å². The van der Waals surface area contributed by atoms with E-state index in [-0.39, 0.29) is 10.1 Å². The molecule has 4 heteroatoms. The predicted molar refractivity (Wildman–Crippen MR) is 103 cm³/mol. The van der Waals surface area contributed by atoms with Gasteiger partial charge in [-0.05, 0) is 30.5 Å². The summed E-state index contributed by atoms with van der Waals surface area (Å²) in [6.45, 7) is 15.3. The SMILES string of the molecule is CC(C)(C)[Si]1(C(C)(C)C)OCC(CCc2ccc(Br)cc2)CO1. The Labute approximate surface area is 151 Å². The van der Waals surface area contributed by atoms with Crippen molar-refractivity contribution in [3.8, 4) is 0 Å². The van der Waals surface area contributed by atoms with E-state index in [4.69, 9.17) is 8.85 Å². The first-order valence-electron chi connectivity index (χ1n) is 8.57. The Kier molecular flexibility index (Phi) is 5.82. The molecule has 0 amide bonds. The van der Waals surface area contributed by atoms with Crippen LogP contribution in [0.4, 0.5) is 0 Å². The van der Waals surface area contributed by atoms with Crippen LogP contribution >= 0.6 is 15.9 Å². The van der Waals surface area contributed by atoms with E-state index in [2.05, 4.69) is 81.7 Å². The monoisotopic (exact) mass is 398 g/mol. The predicted octanol–water partition coefficient (Wildman–Crippen LogP) is 6.09. The first kappa shape index (κ1) is 19.2. The van der Waals surface area contributed by atoms with E-state index in [9.17, 15) is 0 Å². The summed E-state index contributed by atoms with van der Waals surface area (Å²) in [4.78, 5) is 0. The number of aryl methyl sites for hydroxylation is 1. The first-order valence-corrected chi connectivity index (χ1v) is 11.2. The van der Waals surface area contributed by atoms with Crippen LogP contribution in [0.15, 0.2) is 28.7 Å². The van der Waals surface area contributed by atoms with Gasteiger partial charge in [-0.2, -0.15) is 0 Å². The molecule has 1 heterocycles. The lowest BCUT2D eigenvalue weighted by Crippen LogP contribution is -2.61. The summed E-state index contributed by atoms with van der Waals surface area (Å²) in [7, 11) is -2.25. The molecule has 0 unspecified atom stereocenters. The van der Waals surface area contributed by atoms with Crippen molar-refractivity contribution < 1.29 is 8.85 Å². The third-order valence-electron chi connectivity index (χ3n) is 4.77. The van der Waals surface area contributed by atoms with Crippen LogP contribution in [0, 0.1) is 5.92 Å². The maximum atomic E-state index is 6.52. The Morgan fingerprint density at radius 2 is 1.43 bits per heavy atom. The molecule has 1 aromatic carbocycles. The van der Waals surface area contributed by atoms with Crippen LogP contribution < -0.4 is 0 Å². The van der Waals surface area contributed by atoms with E-state index >= 15 is 0 Å². The molecule has 0 N–H and O–H groups in total. The molecule has 0 atom stereocenters.